The average molecular weight is 280 g/mol. The molecule has 2 heterocycles. The molecule has 0 aromatic rings. The van der Waals surface area contributed by atoms with E-state index in [4.69, 9.17) is 4.74 Å². The molecule has 0 N–H and O–H groups in total. The predicted octanol–water partition coefficient (Wildman–Crippen LogP) is 2.75. The van der Waals surface area contributed by atoms with Gasteiger partial charge in [-0.2, -0.15) is 0 Å². The van der Waals surface area contributed by atoms with E-state index >= 15 is 0 Å². The van der Waals surface area contributed by atoms with Crippen LogP contribution >= 0.6 is 0 Å². The second-order valence-corrected chi connectivity index (χ2v) is 7.07. The van der Waals surface area contributed by atoms with Gasteiger partial charge in [-0.15, -0.1) is 0 Å². The molecule has 0 amide bonds. The number of rotatable bonds is 7. The second-order valence-electron chi connectivity index (χ2n) is 7.07. The molecule has 0 aromatic heterocycles. The van der Waals surface area contributed by atoms with Gasteiger partial charge in [-0.05, 0) is 51.0 Å². The molecule has 1 saturated carbocycles. The minimum atomic E-state index is 0.785. The Morgan fingerprint density at radius 2 is 2.00 bits per heavy atom. The molecule has 20 heavy (non-hydrogen) atoms. The standard InChI is InChI=1S/C17H32N2O/c1-2-16-12-19-9-4-3-6-17(19)13-18(16)10-5-11-20-14-15-7-8-15/h15-17H,2-14H2,1H3. The summed E-state index contributed by atoms with van der Waals surface area (Å²) in [7, 11) is 0. The molecule has 3 nitrogen and oxygen atoms in total. The molecule has 3 aliphatic rings. The van der Waals surface area contributed by atoms with E-state index in [9.17, 15) is 0 Å². The summed E-state index contributed by atoms with van der Waals surface area (Å²) in [5.74, 6) is 0.907. The zero-order valence-corrected chi connectivity index (χ0v) is 13.2. The minimum absolute atomic E-state index is 0.785. The summed E-state index contributed by atoms with van der Waals surface area (Å²) in [6, 6.07) is 1.63. The number of fused-ring (bicyclic) bond motifs is 1. The van der Waals surface area contributed by atoms with Crippen LogP contribution in [0.1, 0.15) is 51.9 Å². The summed E-state index contributed by atoms with van der Waals surface area (Å²) < 4.78 is 5.79. The topological polar surface area (TPSA) is 15.7 Å². The first-order valence-electron chi connectivity index (χ1n) is 8.92. The Kier molecular flexibility index (Phi) is 5.36. The maximum Gasteiger partial charge on any atom is 0.0494 e. The van der Waals surface area contributed by atoms with Gasteiger partial charge in [-0.3, -0.25) is 9.80 Å². The lowest BCUT2D eigenvalue weighted by atomic mass is 9.95. The molecule has 2 saturated heterocycles. The Morgan fingerprint density at radius 1 is 1.10 bits per heavy atom. The van der Waals surface area contributed by atoms with Crippen LogP contribution in [0.5, 0.6) is 0 Å². The van der Waals surface area contributed by atoms with Crippen LogP contribution in [0.4, 0.5) is 0 Å². The van der Waals surface area contributed by atoms with E-state index < -0.39 is 0 Å². The molecule has 2 atom stereocenters. The fraction of sp³-hybridized carbons (Fsp3) is 1.00. The number of ether oxygens (including phenoxy) is 1. The molecular weight excluding hydrogens is 248 g/mol. The fourth-order valence-electron chi connectivity index (χ4n) is 3.88. The van der Waals surface area contributed by atoms with E-state index in [0.717, 1.165) is 31.2 Å². The fourth-order valence-corrected chi connectivity index (χ4v) is 3.88. The van der Waals surface area contributed by atoms with Crippen LogP contribution in [0, 0.1) is 5.92 Å². The molecule has 3 fully saturated rings. The number of piperidine rings is 1. The second kappa shape index (κ2) is 7.24. The molecule has 0 spiro atoms. The van der Waals surface area contributed by atoms with Gasteiger partial charge in [0.15, 0.2) is 0 Å². The van der Waals surface area contributed by atoms with Crippen molar-refractivity contribution >= 4 is 0 Å². The maximum absolute atomic E-state index is 5.79. The number of nitrogens with zero attached hydrogens (tertiary/aromatic N) is 2. The van der Waals surface area contributed by atoms with Crippen molar-refractivity contribution in [3.05, 3.63) is 0 Å². The molecule has 3 rings (SSSR count). The highest BCUT2D eigenvalue weighted by Crippen LogP contribution is 2.29. The Balaban J connectivity index is 1.39. The van der Waals surface area contributed by atoms with E-state index in [2.05, 4.69) is 16.7 Å². The van der Waals surface area contributed by atoms with Gasteiger partial charge in [-0.25, -0.2) is 0 Å². The smallest absolute Gasteiger partial charge is 0.0494 e. The Hall–Kier alpha value is -0.120. The third kappa shape index (κ3) is 3.96. The first-order chi connectivity index (χ1) is 9.86. The maximum atomic E-state index is 5.79. The van der Waals surface area contributed by atoms with E-state index in [-0.39, 0.29) is 0 Å². The molecule has 0 aromatic carbocycles. The van der Waals surface area contributed by atoms with Gasteiger partial charge in [0.2, 0.25) is 0 Å². The monoisotopic (exact) mass is 280 g/mol. The van der Waals surface area contributed by atoms with Crippen LogP contribution in [-0.4, -0.2) is 61.3 Å². The van der Waals surface area contributed by atoms with Crippen molar-refractivity contribution in [2.75, 3.05) is 39.4 Å². The van der Waals surface area contributed by atoms with E-state index in [1.807, 2.05) is 0 Å². The van der Waals surface area contributed by atoms with E-state index in [1.54, 1.807) is 0 Å². The molecular formula is C17H32N2O. The summed E-state index contributed by atoms with van der Waals surface area (Å²) in [6.07, 6.45) is 9.61. The van der Waals surface area contributed by atoms with Gasteiger partial charge < -0.3 is 4.74 Å². The zero-order valence-electron chi connectivity index (χ0n) is 13.2. The van der Waals surface area contributed by atoms with Crippen LogP contribution < -0.4 is 0 Å². The van der Waals surface area contributed by atoms with Crippen molar-refractivity contribution in [2.45, 2.75) is 64.0 Å². The zero-order chi connectivity index (χ0) is 13.8. The van der Waals surface area contributed by atoms with Gasteiger partial charge in [0.05, 0.1) is 0 Å². The van der Waals surface area contributed by atoms with Crippen molar-refractivity contribution in [3.8, 4) is 0 Å². The lowest BCUT2D eigenvalue weighted by Gasteiger charge is -2.48. The Bertz CT molecular complexity index is 293. The van der Waals surface area contributed by atoms with Gasteiger partial charge in [0.25, 0.3) is 0 Å². The number of hydrogen-bond donors (Lipinski definition) is 0. The van der Waals surface area contributed by atoms with Crippen molar-refractivity contribution in [1.29, 1.82) is 0 Å². The molecule has 0 bridgehead atoms. The lowest BCUT2D eigenvalue weighted by Crippen LogP contribution is -2.59. The molecule has 3 heteroatoms. The summed E-state index contributed by atoms with van der Waals surface area (Å²) in [6.45, 7) is 9.55. The molecule has 116 valence electrons. The van der Waals surface area contributed by atoms with Crippen LogP contribution in [0.3, 0.4) is 0 Å². The largest absolute Gasteiger partial charge is 0.381 e. The molecule has 0 radical (unpaired) electrons. The van der Waals surface area contributed by atoms with Gasteiger partial charge in [-0.1, -0.05) is 13.3 Å². The highest BCUT2D eigenvalue weighted by molar-refractivity contribution is 4.90. The number of piperazine rings is 1. The highest BCUT2D eigenvalue weighted by Gasteiger charge is 2.33. The Morgan fingerprint density at radius 3 is 2.80 bits per heavy atom. The first-order valence-corrected chi connectivity index (χ1v) is 8.92. The Labute approximate surface area is 124 Å². The summed E-state index contributed by atoms with van der Waals surface area (Å²) in [5, 5.41) is 0. The van der Waals surface area contributed by atoms with Gasteiger partial charge in [0.1, 0.15) is 0 Å². The third-order valence-corrected chi connectivity index (χ3v) is 5.41. The summed E-state index contributed by atoms with van der Waals surface area (Å²) in [5.41, 5.74) is 0. The summed E-state index contributed by atoms with van der Waals surface area (Å²) >= 11 is 0. The van der Waals surface area contributed by atoms with Crippen LogP contribution in [-0.2, 0) is 4.74 Å². The predicted molar refractivity (Wildman–Crippen MR) is 83.0 cm³/mol. The van der Waals surface area contributed by atoms with Crippen LogP contribution in [0.2, 0.25) is 0 Å². The minimum Gasteiger partial charge on any atom is -0.381 e. The van der Waals surface area contributed by atoms with Crippen molar-refractivity contribution in [2.24, 2.45) is 5.92 Å². The average Bonchev–Trinajstić information content (AvgIpc) is 3.30. The number of hydrogen-bond acceptors (Lipinski definition) is 3. The molecule has 2 aliphatic heterocycles. The van der Waals surface area contributed by atoms with Crippen molar-refractivity contribution in [3.63, 3.8) is 0 Å². The normalized spacial score (nSPS) is 32.2. The first kappa shape index (κ1) is 14.8. The van der Waals surface area contributed by atoms with E-state index in [0.29, 0.717) is 0 Å². The van der Waals surface area contributed by atoms with Crippen molar-refractivity contribution in [1.82, 2.24) is 9.80 Å². The van der Waals surface area contributed by atoms with E-state index in [1.165, 1.54) is 71.1 Å². The molecule has 2 unspecified atom stereocenters. The lowest BCUT2D eigenvalue weighted by molar-refractivity contribution is 0.00250. The SMILES string of the molecule is CCC1CN2CCCCC2CN1CCCOCC1CC1. The molecule has 1 aliphatic carbocycles. The van der Waals surface area contributed by atoms with Crippen molar-refractivity contribution < 1.29 is 4.74 Å². The third-order valence-electron chi connectivity index (χ3n) is 5.41. The summed E-state index contributed by atoms with van der Waals surface area (Å²) in [4.78, 5) is 5.52. The van der Waals surface area contributed by atoms with Gasteiger partial charge in [0, 0.05) is 44.9 Å². The van der Waals surface area contributed by atoms with Gasteiger partial charge >= 0.3 is 0 Å². The highest BCUT2D eigenvalue weighted by atomic mass is 16.5. The quantitative estimate of drug-likeness (QED) is 0.667. The van der Waals surface area contributed by atoms with Crippen LogP contribution in [0.25, 0.3) is 0 Å². The van der Waals surface area contributed by atoms with Crippen LogP contribution in [0.15, 0.2) is 0 Å².